The van der Waals surface area contributed by atoms with Gasteiger partial charge in [0, 0.05) is 45.9 Å². The van der Waals surface area contributed by atoms with Gasteiger partial charge >= 0.3 is 6.09 Å². The second kappa shape index (κ2) is 12.9. The molecule has 24 heavy (non-hydrogen) atoms. The van der Waals surface area contributed by atoms with E-state index in [2.05, 4.69) is 22.5 Å². The van der Waals surface area contributed by atoms with Crippen LogP contribution in [0.1, 0.15) is 46.0 Å². The highest BCUT2D eigenvalue weighted by Gasteiger charge is 2.23. The van der Waals surface area contributed by atoms with E-state index in [0.717, 1.165) is 70.8 Å². The lowest BCUT2D eigenvalue weighted by Gasteiger charge is -2.32. The Hall–Kier alpha value is -1.50. The van der Waals surface area contributed by atoms with Crippen LogP contribution in [0.15, 0.2) is 4.99 Å². The highest BCUT2D eigenvalue weighted by atomic mass is 16.6. The quantitative estimate of drug-likeness (QED) is 0.381. The van der Waals surface area contributed by atoms with E-state index in [0.29, 0.717) is 12.6 Å². The van der Waals surface area contributed by atoms with E-state index in [1.807, 2.05) is 6.92 Å². The van der Waals surface area contributed by atoms with Gasteiger partial charge in [0.1, 0.15) is 0 Å². The fourth-order valence-electron chi connectivity index (χ4n) is 2.66. The van der Waals surface area contributed by atoms with Crippen LogP contribution < -0.4 is 10.6 Å². The molecule has 0 aromatic carbocycles. The van der Waals surface area contributed by atoms with Crippen molar-refractivity contribution in [1.29, 1.82) is 0 Å². The molecule has 0 atom stereocenters. The maximum Gasteiger partial charge on any atom is 0.409 e. The molecule has 0 aromatic rings. The van der Waals surface area contributed by atoms with E-state index in [1.54, 1.807) is 12.0 Å². The van der Waals surface area contributed by atoms with E-state index in [4.69, 9.17) is 9.47 Å². The number of rotatable bonds is 9. The molecule has 1 amide bonds. The Morgan fingerprint density at radius 1 is 1.21 bits per heavy atom. The van der Waals surface area contributed by atoms with Crippen molar-refractivity contribution in [3.8, 4) is 0 Å². The first kappa shape index (κ1) is 20.5. The molecule has 0 spiro atoms. The molecule has 7 nitrogen and oxygen atoms in total. The molecule has 1 fully saturated rings. The molecule has 1 rings (SSSR count). The summed E-state index contributed by atoms with van der Waals surface area (Å²) < 4.78 is 10.1. The molecule has 1 aliphatic heterocycles. The summed E-state index contributed by atoms with van der Waals surface area (Å²) in [5.74, 6) is 0.874. The van der Waals surface area contributed by atoms with Crippen LogP contribution in [-0.2, 0) is 9.47 Å². The largest absolute Gasteiger partial charge is 0.450 e. The van der Waals surface area contributed by atoms with Crippen LogP contribution in [0.25, 0.3) is 0 Å². The Bertz CT molecular complexity index is 369. The number of nitrogens with one attached hydrogen (secondary N) is 2. The number of nitrogens with zero attached hydrogens (tertiary/aromatic N) is 2. The van der Waals surface area contributed by atoms with Gasteiger partial charge in [-0.05, 0) is 46.0 Å². The number of likely N-dealkylation sites (tertiary alicyclic amines) is 1. The molecule has 140 valence electrons. The summed E-state index contributed by atoms with van der Waals surface area (Å²) in [5, 5.41) is 6.78. The zero-order valence-electron chi connectivity index (χ0n) is 15.5. The van der Waals surface area contributed by atoms with E-state index in [9.17, 15) is 4.79 Å². The number of aliphatic imine (C=N–C) groups is 1. The van der Waals surface area contributed by atoms with E-state index >= 15 is 0 Å². The Labute approximate surface area is 146 Å². The number of carbonyl (C=O) groups excluding carboxylic acids is 1. The molecular weight excluding hydrogens is 308 g/mol. The molecule has 0 aliphatic carbocycles. The number of amides is 1. The van der Waals surface area contributed by atoms with Gasteiger partial charge in [-0.25, -0.2) is 4.79 Å². The Morgan fingerprint density at radius 3 is 2.58 bits per heavy atom. The molecule has 0 bridgehead atoms. The Kier molecular flexibility index (Phi) is 11.0. The van der Waals surface area contributed by atoms with Crippen LogP contribution in [0.3, 0.4) is 0 Å². The lowest BCUT2D eigenvalue weighted by molar-refractivity contribution is 0.0963. The van der Waals surface area contributed by atoms with Crippen molar-refractivity contribution in [2.45, 2.75) is 52.0 Å². The van der Waals surface area contributed by atoms with Gasteiger partial charge in [-0.2, -0.15) is 0 Å². The second-order valence-corrected chi connectivity index (χ2v) is 5.92. The Morgan fingerprint density at radius 2 is 1.96 bits per heavy atom. The van der Waals surface area contributed by atoms with Gasteiger partial charge in [-0.15, -0.1) is 0 Å². The molecule has 2 N–H and O–H groups in total. The number of piperidine rings is 1. The number of unbranched alkanes of at least 4 members (excludes halogenated alkanes) is 2. The second-order valence-electron chi connectivity index (χ2n) is 5.92. The van der Waals surface area contributed by atoms with Crippen LogP contribution in [0.2, 0.25) is 0 Å². The first-order chi connectivity index (χ1) is 11.7. The van der Waals surface area contributed by atoms with Gasteiger partial charge in [0.2, 0.25) is 0 Å². The zero-order valence-corrected chi connectivity index (χ0v) is 15.5. The van der Waals surface area contributed by atoms with Gasteiger partial charge in [-0.1, -0.05) is 0 Å². The molecular formula is C17H34N4O3. The zero-order chi connectivity index (χ0) is 17.6. The fraction of sp³-hybridized carbons (Fsp3) is 0.882. The molecule has 0 unspecified atom stereocenters. The Balaban J connectivity index is 2.31. The maximum atomic E-state index is 11.7. The number of hydrogen-bond donors (Lipinski definition) is 2. The third-order valence-corrected chi connectivity index (χ3v) is 3.98. The first-order valence-electron chi connectivity index (χ1n) is 9.16. The average molecular weight is 342 g/mol. The predicted octanol–water partition coefficient (Wildman–Crippen LogP) is 1.98. The molecule has 1 aliphatic rings. The maximum absolute atomic E-state index is 11.7. The van der Waals surface area contributed by atoms with Gasteiger partial charge in [0.25, 0.3) is 0 Å². The highest BCUT2D eigenvalue weighted by molar-refractivity contribution is 5.80. The highest BCUT2D eigenvalue weighted by Crippen LogP contribution is 2.11. The SMILES string of the molecule is CCNC(=NCCCCCOC)NC1CCN(C(=O)OCC)CC1. The standard InChI is InChI=1S/C17H34N4O3/c1-4-18-16(19-11-7-6-8-14-23-3)20-15-9-12-21(13-10-15)17(22)24-5-2/h15H,4-14H2,1-3H3,(H2,18,19,20). The monoisotopic (exact) mass is 342 g/mol. The van der Waals surface area contributed by atoms with E-state index < -0.39 is 0 Å². The first-order valence-corrected chi connectivity index (χ1v) is 9.16. The lowest BCUT2D eigenvalue weighted by Crippen LogP contribution is -2.49. The van der Waals surface area contributed by atoms with Crippen molar-refractivity contribution in [2.24, 2.45) is 4.99 Å². The number of carbonyl (C=O) groups is 1. The summed E-state index contributed by atoms with van der Waals surface area (Å²) in [4.78, 5) is 18.1. The molecule has 0 aromatic heterocycles. The third-order valence-electron chi connectivity index (χ3n) is 3.98. The van der Waals surface area contributed by atoms with Crippen molar-refractivity contribution in [1.82, 2.24) is 15.5 Å². The van der Waals surface area contributed by atoms with Crippen molar-refractivity contribution in [2.75, 3.05) is 46.5 Å². The molecule has 7 heteroatoms. The van der Waals surface area contributed by atoms with Crippen molar-refractivity contribution < 1.29 is 14.3 Å². The fourth-order valence-corrected chi connectivity index (χ4v) is 2.66. The van der Waals surface area contributed by atoms with Crippen LogP contribution >= 0.6 is 0 Å². The summed E-state index contributed by atoms with van der Waals surface area (Å²) in [6.07, 6.45) is 4.92. The van der Waals surface area contributed by atoms with Crippen molar-refractivity contribution in [3.63, 3.8) is 0 Å². The van der Waals surface area contributed by atoms with Gasteiger partial charge < -0.3 is 25.0 Å². The minimum Gasteiger partial charge on any atom is -0.450 e. The van der Waals surface area contributed by atoms with E-state index in [-0.39, 0.29) is 6.09 Å². The number of ether oxygens (including phenoxy) is 2. The topological polar surface area (TPSA) is 75.2 Å². The summed E-state index contributed by atoms with van der Waals surface area (Å²) in [6.45, 7) is 8.28. The molecule has 1 heterocycles. The summed E-state index contributed by atoms with van der Waals surface area (Å²) >= 11 is 0. The average Bonchev–Trinajstić information content (AvgIpc) is 2.59. The predicted molar refractivity (Wildman–Crippen MR) is 96.5 cm³/mol. The third kappa shape index (κ3) is 8.38. The van der Waals surface area contributed by atoms with Crippen molar-refractivity contribution in [3.05, 3.63) is 0 Å². The lowest BCUT2D eigenvalue weighted by atomic mass is 10.1. The van der Waals surface area contributed by atoms with Crippen LogP contribution in [0.4, 0.5) is 4.79 Å². The smallest absolute Gasteiger partial charge is 0.409 e. The molecule has 0 saturated carbocycles. The normalized spacial score (nSPS) is 16.1. The number of guanidine groups is 1. The van der Waals surface area contributed by atoms with Crippen LogP contribution in [0.5, 0.6) is 0 Å². The molecule has 0 radical (unpaired) electrons. The van der Waals surface area contributed by atoms with Crippen LogP contribution in [0, 0.1) is 0 Å². The number of hydrogen-bond acceptors (Lipinski definition) is 4. The summed E-state index contributed by atoms with van der Waals surface area (Å²) in [7, 11) is 1.73. The van der Waals surface area contributed by atoms with Gasteiger partial charge in [0.15, 0.2) is 5.96 Å². The molecule has 1 saturated heterocycles. The number of methoxy groups -OCH3 is 1. The minimum atomic E-state index is -0.201. The van der Waals surface area contributed by atoms with Crippen molar-refractivity contribution >= 4 is 12.1 Å². The van der Waals surface area contributed by atoms with Crippen LogP contribution in [-0.4, -0.2) is 69.5 Å². The summed E-state index contributed by atoms with van der Waals surface area (Å²) in [5.41, 5.74) is 0. The van der Waals surface area contributed by atoms with E-state index in [1.165, 1.54) is 0 Å². The van der Waals surface area contributed by atoms with Gasteiger partial charge in [0.05, 0.1) is 6.61 Å². The summed E-state index contributed by atoms with van der Waals surface area (Å²) in [6, 6.07) is 0.349. The van der Waals surface area contributed by atoms with Gasteiger partial charge in [-0.3, -0.25) is 4.99 Å². The minimum absolute atomic E-state index is 0.201.